The number of nitrogens with two attached hydrogens (primary N) is 1. The first-order valence-electron chi connectivity index (χ1n) is 9.24. The largest absolute Gasteiger partial charge is 0.484 e. The van der Waals surface area contributed by atoms with Crippen molar-refractivity contribution in [1.82, 2.24) is 4.90 Å². The Labute approximate surface area is 173 Å². The predicted octanol–water partition coefficient (Wildman–Crippen LogP) is 2.15. The summed E-state index contributed by atoms with van der Waals surface area (Å²) in [5.74, 6) is -0.0505. The van der Waals surface area contributed by atoms with Crippen molar-refractivity contribution < 1.29 is 23.9 Å². The highest BCUT2D eigenvalue weighted by molar-refractivity contribution is 8.14. The average molecular weight is 417 g/mol. The number of hydrogen-bond acceptors (Lipinski definition) is 7. The summed E-state index contributed by atoms with van der Waals surface area (Å²) in [6, 6.07) is 6.22. The molecule has 1 saturated heterocycles. The fraction of sp³-hybridized carbons (Fsp3) is 0.400. The van der Waals surface area contributed by atoms with Gasteiger partial charge in [-0.3, -0.25) is 14.5 Å². The van der Waals surface area contributed by atoms with Crippen LogP contribution >= 0.6 is 11.8 Å². The molecule has 1 unspecified atom stereocenters. The van der Waals surface area contributed by atoms with Crippen LogP contribution in [-0.4, -0.2) is 46.3 Å². The molecule has 1 aromatic carbocycles. The molecule has 0 saturated carbocycles. The molecule has 1 aromatic rings. The third-order valence-corrected chi connectivity index (χ3v) is 5.30. The zero-order valence-electron chi connectivity index (χ0n) is 16.5. The van der Waals surface area contributed by atoms with Gasteiger partial charge >= 0.3 is 5.97 Å². The van der Waals surface area contributed by atoms with E-state index in [0.29, 0.717) is 34.4 Å². The Bertz CT molecular complexity index is 892. The van der Waals surface area contributed by atoms with Gasteiger partial charge in [0.1, 0.15) is 5.75 Å². The molecular weight excluding hydrogens is 394 g/mol. The molecule has 0 radical (unpaired) electrons. The zero-order valence-corrected chi connectivity index (χ0v) is 17.3. The summed E-state index contributed by atoms with van der Waals surface area (Å²) in [4.78, 5) is 42.6. The molecule has 0 aromatic heterocycles. The summed E-state index contributed by atoms with van der Waals surface area (Å²) in [6.07, 6.45) is 0.0655. The Balaban J connectivity index is 2.01. The van der Waals surface area contributed by atoms with Gasteiger partial charge in [0.25, 0.3) is 5.91 Å². The monoisotopic (exact) mass is 417 g/mol. The molecule has 29 heavy (non-hydrogen) atoms. The fourth-order valence-electron chi connectivity index (χ4n) is 3.15. The summed E-state index contributed by atoms with van der Waals surface area (Å²) >= 11 is 1.49. The first-order valence-corrected chi connectivity index (χ1v) is 10.2. The normalized spacial score (nSPS) is 19.0. The molecule has 0 spiro atoms. The van der Waals surface area contributed by atoms with E-state index in [0.717, 1.165) is 5.56 Å². The number of thioether (sulfide) groups is 1. The Kier molecular flexibility index (Phi) is 6.26. The molecule has 2 amide bonds. The number of hydrogen-bond donors (Lipinski definition) is 1. The van der Waals surface area contributed by atoms with Crippen LogP contribution in [0, 0.1) is 0 Å². The van der Waals surface area contributed by atoms with Crippen molar-refractivity contribution in [3.63, 3.8) is 0 Å². The second-order valence-corrected chi connectivity index (χ2v) is 8.00. The molecule has 0 aliphatic carbocycles. The quantitative estimate of drug-likeness (QED) is 0.710. The number of fused-ring (bicyclic) bond motifs is 1. The summed E-state index contributed by atoms with van der Waals surface area (Å²) < 4.78 is 10.7. The Morgan fingerprint density at radius 2 is 2.00 bits per heavy atom. The van der Waals surface area contributed by atoms with E-state index in [1.54, 1.807) is 49.9 Å². The van der Waals surface area contributed by atoms with Crippen molar-refractivity contribution in [1.29, 1.82) is 0 Å². The van der Waals surface area contributed by atoms with Crippen molar-refractivity contribution in [3.8, 4) is 5.75 Å². The van der Waals surface area contributed by atoms with Crippen molar-refractivity contribution in [2.24, 2.45) is 10.7 Å². The van der Waals surface area contributed by atoms with Crippen LogP contribution in [0.15, 0.2) is 40.5 Å². The Morgan fingerprint density at radius 3 is 2.62 bits per heavy atom. The number of esters is 1. The highest BCUT2D eigenvalue weighted by atomic mass is 32.2. The highest BCUT2D eigenvalue weighted by Gasteiger charge is 2.41. The molecule has 2 N–H and O–H groups in total. The van der Waals surface area contributed by atoms with E-state index in [9.17, 15) is 14.4 Å². The van der Waals surface area contributed by atoms with Crippen molar-refractivity contribution in [2.75, 3.05) is 12.4 Å². The van der Waals surface area contributed by atoms with Gasteiger partial charge in [0.2, 0.25) is 5.91 Å². The number of amidine groups is 1. The van der Waals surface area contributed by atoms with Crippen molar-refractivity contribution in [2.45, 2.75) is 39.3 Å². The van der Waals surface area contributed by atoms with Crippen LogP contribution in [0.1, 0.15) is 38.8 Å². The van der Waals surface area contributed by atoms with Gasteiger partial charge in [-0.1, -0.05) is 23.9 Å². The summed E-state index contributed by atoms with van der Waals surface area (Å²) in [5, 5.41) is 0.582. The van der Waals surface area contributed by atoms with Gasteiger partial charge in [0.05, 0.1) is 23.4 Å². The van der Waals surface area contributed by atoms with E-state index in [1.807, 2.05) is 0 Å². The molecular formula is C20H23N3O5S. The number of amides is 2. The molecule has 2 heterocycles. The lowest BCUT2D eigenvalue weighted by Gasteiger charge is -2.39. The minimum absolute atomic E-state index is 0.0936. The van der Waals surface area contributed by atoms with E-state index in [1.165, 1.54) is 11.8 Å². The van der Waals surface area contributed by atoms with Crippen molar-refractivity contribution in [3.05, 3.63) is 41.1 Å². The standard InChI is InChI=1S/C20H23N3O5S/c1-11(2)28-19(26)17-12(3)22-20-23(16(25)8-9-29-20)18(17)13-4-6-14(7-5-13)27-10-15(21)24/h4-7,11,18H,8-10H2,1-3H3,(H2,21,24). The fourth-order valence-corrected chi connectivity index (χ4v) is 4.16. The summed E-state index contributed by atoms with van der Waals surface area (Å²) in [6.45, 7) is 5.06. The second kappa shape index (κ2) is 8.69. The molecule has 3 rings (SSSR count). The number of aliphatic imine (C=N–C) groups is 1. The maximum Gasteiger partial charge on any atom is 0.338 e. The third kappa shape index (κ3) is 4.61. The van der Waals surface area contributed by atoms with Gasteiger partial charge in [-0.2, -0.15) is 0 Å². The average Bonchev–Trinajstić information content (AvgIpc) is 2.65. The number of ether oxygens (including phenoxy) is 2. The highest BCUT2D eigenvalue weighted by Crippen LogP contribution is 2.40. The van der Waals surface area contributed by atoms with Crippen LogP contribution in [-0.2, 0) is 19.1 Å². The van der Waals surface area contributed by atoms with Gasteiger partial charge < -0.3 is 15.2 Å². The van der Waals surface area contributed by atoms with Gasteiger partial charge in [-0.15, -0.1) is 0 Å². The smallest absolute Gasteiger partial charge is 0.338 e. The molecule has 8 nitrogen and oxygen atoms in total. The lowest BCUT2D eigenvalue weighted by Crippen LogP contribution is -2.46. The lowest BCUT2D eigenvalue weighted by molar-refractivity contribution is -0.143. The predicted molar refractivity (Wildman–Crippen MR) is 109 cm³/mol. The van der Waals surface area contributed by atoms with E-state index in [-0.39, 0.29) is 18.6 Å². The zero-order chi connectivity index (χ0) is 21.1. The van der Waals surface area contributed by atoms with Gasteiger partial charge in [-0.25, -0.2) is 9.79 Å². The summed E-state index contributed by atoms with van der Waals surface area (Å²) in [7, 11) is 0. The van der Waals surface area contributed by atoms with Crippen LogP contribution in [0.5, 0.6) is 5.75 Å². The van der Waals surface area contributed by atoms with Crippen molar-refractivity contribution >= 4 is 34.7 Å². The number of nitrogens with zero attached hydrogens (tertiary/aromatic N) is 2. The molecule has 1 atom stereocenters. The first kappa shape index (κ1) is 20.9. The van der Waals surface area contributed by atoms with Crippen LogP contribution in [0.4, 0.5) is 0 Å². The SMILES string of the molecule is CC1=C(C(=O)OC(C)C)C(c2ccc(OCC(N)=O)cc2)N2C(=O)CCSC2=N1. The Morgan fingerprint density at radius 1 is 1.31 bits per heavy atom. The van der Waals surface area contributed by atoms with Crippen LogP contribution in [0.3, 0.4) is 0 Å². The molecule has 9 heteroatoms. The maximum atomic E-state index is 12.9. The molecule has 0 bridgehead atoms. The number of carbonyl (C=O) groups excluding carboxylic acids is 3. The van der Waals surface area contributed by atoms with E-state index in [2.05, 4.69) is 4.99 Å². The first-order chi connectivity index (χ1) is 13.8. The minimum Gasteiger partial charge on any atom is -0.484 e. The van der Waals surface area contributed by atoms with Crippen LogP contribution in [0.2, 0.25) is 0 Å². The Hall–Kier alpha value is -2.81. The number of rotatable bonds is 6. The molecule has 154 valence electrons. The second-order valence-electron chi connectivity index (χ2n) is 6.94. The van der Waals surface area contributed by atoms with Gasteiger partial charge in [-0.05, 0) is 38.5 Å². The number of allylic oxidation sites excluding steroid dienone is 1. The molecule has 2 aliphatic rings. The topological polar surface area (TPSA) is 111 Å². The van der Waals surface area contributed by atoms with Gasteiger partial charge in [0.15, 0.2) is 11.8 Å². The van der Waals surface area contributed by atoms with Crippen LogP contribution < -0.4 is 10.5 Å². The molecule has 1 fully saturated rings. The van der Waals surface area contributed by atoms with E-state index in [4.69, 9.17) is 15.2 Å². The minimum atomic E-state index is -0.640. The number of carbonyl (C=O) groups is 3. The number of benzene rings is 1. The number of primary amides is 1. The third-order valence-electron chi connectivity index (χ3n) is 4.35. The van der Waals surface area contributed by atoms with Gasteiger partial charge in [0, 0.05) is 12.2 Å². The van der Waals surface area contributed by atoms with E-state index >= 15 is 0 Å². The van der Waals surface area contributed by atoms with E-state index < -0.39 is 17.9 Å². The molecule has 2 aliphatic heterocycles. The summed E-state index contributed by atoms with van der Waals surface area (Å²) in [5.41, 5.74) is 6.69. The van der Waals surface area contributed by atoms with Crippen LogP contribution in [0.25, 0.3) is 0 Å². The lowest BCUT2D eigenvalue weighted by atomic mass is 9.94. The maximum absolute atomic E-state index is 12.9.